The quantitative estimate of drug-likeness (QED) is 0.368. The van der Waals surface area contributed by atoms with Crippen LogP contribution in [0.5, 0.6) is 0 Å². The van der Waals surface area contributed by atoms with Gasteiger partial charge in [0.15, 0.2) is 11.5 Å². The highest BCUT2D eigenvalue weighted by molar-refractivity contribution is 6.28. The zero-order chi connectivity index (χ0) is 15.2. The molecule has 0 aliphatic heterocycles. The number of fused-ring (bicyclic) bond motifs is 1. The summed E-state index contributed by atoms with van der Waals surface area (Å²) in [5.41, 5.74) is 3.36. The minimum atomic E-state index is -0.535. The van der Waals surface area contributed by atoms with Gasteiger partial charge in [-0.1, -0.05) is 0 Å². The largest absolute Gasteiger partial charge is 0.466 e. The maximum Gasteiger partial charge on any atom is 0.312 e. The number of esters is 1. The Kier molecular flexibility index (Phi) is 4.63. The van der Waals surface area contributed by atoms with Crippen LogP contribution < -0.4 is 5.43 Å². The maximum atomic E-state index is 11.3. The van der Waals surface area contributed by atoms with Crippen LogP contribution in [0, 0.1) is 11.3 Å². The second-order valence-corrected chi connectivity index (χ2v) is 4.04. The summed E-state index contributed by atoms with van der Waals surface area (Å²) in [6, 6.07) is 1.80. The molecule has 0 aliphatic carbocycles. The van der Waals surface area contributed by atoms with E-state index in [4.69, 9.17) is 21.6 Å². The van der Waals surface area contributed by atoms with Crippen molar-refractivity contribution in [2.45, 2.75) is 13.3 Å². The number of imidazole rings is 1. The van der Waals surface area contributed by atoms with Crippen LogP contribution in [0.3, 0.4) is 0 Å². The Morgan fingerprint density at radius 1 is 1.62 bits per heavy atom. The second-order valence-electron chi connectivity index (χ2n) is 3.71. The molecule has 0 atom stereocenters. The first-order valence-electron chi connectivity index (χ1n) is 5.89. The molecule has 2 N–H and O–H groups in total. The molecule has 9 nitrogen and oxygen atoms in total. The average Bonchev–Trinajstić information content (AvgIpc) is 2.91. The van der Waals surface area contributed by atoms with Gasteiger partial charge in [0.2, 0.25) is 5.28 Å². The van der Waals surface area contributed by atoms with Crippen molar-refractivity contribution in [3.63, 3.8) is 0 Å². The van der Waals surface area contributed by atoms with Gasteiger partial charge in [0.1, 0.15) is 23.7 Å². The van der Waals surface area contributed by atoms with Gasteiger partial charge in [-0.25, -0.2) is 4.98 Å². The van der Waals surface area contributed by atoms with Crippen LogP contribution >= 0.6 is 11.6 Å². The molecule has 2 rings (SSSR count). The number of nitrogens with zero attached hydrogens (tertiary/aromatic N) is 5. The van der Waals surface area contributed by atoms with Crippen molar-refractivity contribution in [1.29, 1.82) is 5.26 Å². The number of ether oxygens (including phenoxy) is 1. The fraction of sp³-hybridized carbons (Fsp3) is 0.273. The van der Waals surface area contributed by atoms with E-state index in [1.807, 2.05) is 0 Å². The number of anilines is 1. The Labute approximate surface area is 124 Å². The van der Waals surface area contributed by atoms with Crippen molar-refractivity contribution in [2.24, 2.45) is 5.10 Å². The molecular weight excluding hydrogens is 298 g/mol. The summed E-state index contributed by atoms with van der Waals surface area (Å²) in [7, 11) is 0. The molecule has 0 saturated heterocycles. The standard InChI is InChI=1S/C11H10ClN7O2/c1-2-21-7(20)3-6(4-13)18-19-10-8-9(15-5-14-8)16-11(12)17-10/h5H,2-3H2,1H3,(H2,14,15,16,17,19). The third-order valence-corrected chi connectivity index (χ3v) is 2.47. The number of aromatic nitrogens is 4. The van der Waals surface area contributed by atoms with Gasteiger partial charge in [-0.3, -0.25) is 10.2 Å². The molecule has 0 amide bonds. The monoisotopic (exact) mass is 307 g/mol. The van der Waals surface area contributed by atoms with Gasteiger partial charge in [-0.15, -0.1) is 0 Å². The molecular formula is C11H10ClN7O2. The highest BCUT2D eigenvalue weighted by atomic mass is 35.5. The lowest BCUT2D eigenvalue weighted by molar-refractivity contribution is -0.141. The molecule has 108 valence electrons. The summed E-state index contributed by atoms with van der Waals surface area (Å²) < 4.78 is 4.74. The SMILES string of the molecule is CCOC(=O)CC(C#N)=NNc1nc(Cl)nc2nc[nH]c12. The number of nitriles is 1. The fourth-order valence-corrected chi connectivity index (χ4v) is 1.63. The minimum absolute atomic E-state index is 0.0174. The molecule has 0 aliphatic rings. The molecule has 0 aromatic carbocycles. The number of nitrogens with one attached hydrogen (secondary N) is 2. The van der Waals surface area contributed by atoms with Crippen LogP contribution in [-0.2, 0) is 9.53 Å². The van der Waals surface area contributed by atoms with Crippen LogP contribution in [0.25, 0.3) is 11.2 Å². The van der Waals surface area contributed by atoms with Crippen LogP contribution in [-0.4, -0.2) is 38.2 Å². The molecule has 2 aromatic rings. The van der Waals surface area contributed by atoms with Crippen molar-refractivity contribution in [1.82, 2.24) is 19.9 Å². The Bertz CT molecular complexity index is 734. The van der Waals surface area contributed by atoms with E-state index in [1.54, 1.807) is 13.0 Å². The first-order valence-corrected chi connectivity index (χ1v) is 6.26. The maximum absolute atomic E-state index is 11.3. The van der Waals surface area contributed by atoms with Crippen molar-refractivity contribution in [2.75, 3.05) is 12.0 Å². The number of hydrazone groups is 1. The number of aromatic amines is 1. The van der Waals surface area contributed by atoms with Gasteiger partial charge >= 0.3 is 5.97 Å². The van der Waals surface area contributed by atoms with Crippen molar-refractivity contribution < 1.29 is 9.53 Å². The Balaban J connectivity index is 2.19. The van der Waals surface area contributed by atoms with Gasteiger partial charge in [0.25, 0.3) is 0 Å². The molecule has 0 bridgehead atoms. The number of carbonyl (C=O) groups is 1. The van der Waals surface area contributed by atoms with E-state index in [0.29, 0.717) is 11.2 Å². The number of hydrogen-bond donors (Lipinski definition) is 2. The third-order valence-electron chi connectivity index (χ3n) is 2.30. The average molecular weight is 308 g/mol. The lowest BCUT2D eigenvalue weighted by atomic mass is 10.3. The number of carbonyl (C=O) groups excluding carboxylic acids is 1. The number of H-pyrrole nitrogens is 1. The molecule has 0 saturated carbocycles. The summed E-state index contributed by atoms with van der Waals surface area (Å²) in [5.74, 6) is -0.286. The molecule has 21 heavy (non-hydrogen) atoms. The second kappa shape index (κ2) is 6.62. The molecule has 0 unspecified atom stereocenters. The third kappa shape index (κ3) is 3.64. The van der Waals surface area contributed by atoms with Gasteiger partial charge in [0, 0.05) is 0 Å². The van der Waals surface area contributed by atoms with Gasteiger partial charge in [-0.05, 0) is 18.5 Å². The summed E-state index contributed by atoms with van der Waals surface area (Å²) in [5, 5.41) is 12.7. The van der Waals surface area contributed by atoms with Crippen LogP contribution in [0.15, 0.2) is 11.4 Å². The number of hydrogen-bond acceptors (Lipinski definition) is 8. The molecule has 0 spiro atoms. The summed E-state index contributed by atoms with van der Waals surface area (Å²) in [6.45, 7) is 1.92. The molecule has 2 aromatic heterocycles. The van der Waals surface area contributed by atoms with Gasteiger partial charge < -0.3 is 9.72 Å². The van der Waals surface area contributed by atoms with Gasteiger partial charge in [0.05, 0.1) is 12.9 Å². The van der Waals surface area contributed by atoms with E-state index >= 15 is 0 Å². The van der Waals surface area contributed by atoms with Crippen molar-refractivity contribution in [3.8, 4) is 6.07 Å². The van der Waals surface area contributed by atoms with Crippen LogP contribution in [0.4, 0.5) is 5.82 Å². The van der Waals surface area contributed by atoms with E-state index in [1.165, 1.54) is 6.33 Å². The minimum Gasteiger partial charge on any atom is -0.466 e. The van der Waals surface area contributed by atoms with Crippen molar-refractivity contribution in [3.05, 3.63) is 11.6 Å². The van der Waals surface area contributed by atoms with Crippen molar-refractivity contribution >= 4 is 40.3 Å². The zero-order valence-corrected chi connectivity index (χ0v) is 11.7. The first kappa shape index (κ1) is 14.7. The van der Waals surface area contributed by atoms with Gasteiger partial charge in [-0.2, -0.15) is 20.3 Å². The van der Waals surface area contributed by atoms with E-state index in [2.05, 4.69) is 30.5 Å². The highest BCUT2D eigenvalue weighted by Crippen LogP contribution is 2.18. The smallest absolute Gasteiger partial charge is 0.312 e. The predicted octanol–water partition coefficient (Wildman–Crippen LogP) is 1.25. The first-order chi connectivity index (χ1) is 10.1. The van der Waals surface area contributed by atoms with E-state index < -0.39 is 5.97 Å². The van der Waals surface area contributed by atoms with E-state index in [0.717, 1.165) is 0 Å². The number of halogens is 1. The lowest BCUT2D eigenvalue weighted by Crippen LogP contribution is -2.11. The topological polar surface area (TPSA) is 129 Å². The predicted molar refractivity (Wildman–Crippen MR) is 74.6 cm³/mol. The Morgan fingerprint density at radius 2 is 2.43 bits per heavy atom. The molecule has 0 radical (unpaired) electrons. The van der Waals surface area contributed by atoms with E-state index in [-0.39, 0.29) is 29.8 Å². The normalized spacial score (nSPS) is 11.2. The Morgan fingerprint density at radius 3 is 3.14 bits per heavy atom. The fourth-order valence-electron chi connectivity index (χ4n) is 1.46. The number of rotatable bonds is 5. The van der Waals surface area contributed by atoms with E-state index in [9.17, 15) is 4.79 Å². The molecule has 0 fully saturated rings. The highest BCUT2D eigenvalue weighted by Gasteiger charge is 2.11. The summed E-state index contributed by atoms with van der Waals surface area (Å²) in [4.78, 5) is 25.9. The van der Waals surface area contributed by atoms with Crippen LogP contribution in [0.1, 0.15) is 13.3 Å². The summed E-state index contributed by atoms with van der Waals surface area (Å²) >= 11 is 5.75. The zero-order valence-electron chi connectivity index (χ0n) is 10.9. The molecule has 2 heterocycles. The Hall–Kier alpha value is -2.73. The molecule has 10 heteroatoms. The van der Waals surface area contributed by atoms with Crippen LogP contribution in [0.2, 0.25) is 5.28 Å². The lowest BCUT2D eigenvalue weighted by Gasteiger charge is -2.03. The summed E-state index contributed by atoms with van der Waals surface area (Å²) in [6.07, 6.45) is 1.19.